The number of rotatable bonds is 7. The number of likely N-dealkylation sites (N-methyl/N-ethyl adjacent to an activating group) is 1. The van der Waals surface area contributed by atoms with E-state index >= 15 is 0 Å². The van der Waals surface area contributed by atoms with Crippen LogP contribution in [0.1, 0.15) is 22.8 Å². The molecule has 0 spiro atoms. The Bertz CT molecular complexity index is 479. The molecule has 6 nitrogen and oxygen atoms in total. The predicted octanol–water partition coefficient (Wildman–Crippen LogP) is 0.785. The van der Waals surface area contributed by atoms with Crippen molar-refractivity contribution in [3.8, 4) is 0 Å². The summed E-state index contributed by atoms with van der Waals surface area (Å²) in [4.78, 5) is 25.2. The summed E-state index contributed by atoms with van der Waals surface area (Å²) < 4.78 is 0. The maximum Gasteiger partial charge on any atom is 0.251 e. The van der Waals surface area contributed by atoms with Gasteiger partial charge < -0.3 is 21.3 Å². The van der Waals surface area contributed by atoms with E-state index in [-0.39, 0.29) is 36.6 Å². The molecule has 0 aliphatic carbocycles. The second-order valence-corrected chi connectivity index (χ2v) is 5.26. The van der Waals surface area contributed by atoms with E-state index in [1.54, 1.807) is 19.1 Å². The molecule has 1 unspecified atom stereocenters. The zero-order chi connectivity index (χ0) is 15.8. The molecule has 23 heavy (non-hydrogen) atoms. The molecule has 0 aromatic heterocycles. The Balaban J connectivity index is 0. The van der Waals surface area contributed by atoms with Crippen molar-refractivity contribution in [1.82, 2.24) is 15.5 Å². The summed E-state index contributed by atoms with van der Waals surface area (Å²) >= 11 is 0. The minimum atomic E-state index is -0.522. The largest absolute Gasteiger partial charge is 0.351 e. The lowest BCUT2D eigenvalue weighted by molar-refractivity contribution is -0.122. The average molecular weight is 365 g/mol. The van der Waals surface area contributed by atoms with Gasteiger partial charge in [-0.2, -0.15) is 0 Å². The number of carbonyl (C=O) groups excluding carboxylic acids is 2. The van der Waals surface area contributed by atoms with E-state index in [1.807, 2.05) is 31.1 Å². The summed E-state index contributed by atoms with van der Waals surface area (Å²) in [6, 6.07) is 6.62. The summed E-state index contributed by atoms with van der Waals surface area (Å²) in [7, 11) is 3.91. The highest BCUT2D eigenvalue weighted by molar-refractivity contribution is 5.94. The molecule has 132 valence electrons. The van der Waals surface area contributed by atoms with Gasteiger partial charge in [-0.15, -0.1) is 24.8 Å². The van der Waals surface area contributed by atoms with E-state index < -0.39 is 6.04 Å². The first-order chi connectivity index (χ1) is 9.90. The Hall–Kier alpha value is -1.34. The number of benzene rings is 1. The lowest BCUT2D eigenvalue weighted by atomic mass is 10.1. The van der Waals surface area contributed by atoms with Gasteiger partial charge >= 0.3 is 0 Å². The van der Waals surface area contributed by atoms with Gasteiger partial charge in [-0.1, -0.05) is 12.1 Å². The zero-order valence-electron chi connectivity index (χ0n) is 13.7. The van der Waals surface area contributed by atoms with Crippen molar-refractivity contribution in [2.24, 2.45) is 5.73 Å². The van der Waals surface area contributed by atoms with Crippen molar-refractivity contribution in [3.05, 3.63) is 35.4 Å². The highest BCUT2D eigenvalue weighted by Crippen LogP contribution is 2.04. The SMILES string of the molecule is CC(N)C(=O)NCc1ccc(C(=O)NCCN(C)C)cc1.Cl.Cl. The standard InChI is InChI=1S/C15H24N4O2.2ClH/c1-11(16)14(20)18-10-12-4-6-13(7-5-12)15(21)17-8-9-19(2)3;;/h4-7,11H,8-10,16H2,1-3H3,(H,17,21)(H,18,20);2*1H. The minimum Gasteiger partial charge on any atom is -0.351 e. The minimum absolute atomic E-state index is 0. The topological polar surface area (TPSA) is 87.5 Å². The first-order valence-electron chi connectivity index (χ1n) is 6.95. The quantitative estimate of drug-likeness (QED) is 0.667. The summed E-state index contributed by atoms with van der Waals surface area (Å²) in [5.41, 5.74) is 7.00. The van der Waals surface area contributed by atoms with Gasteiger partial charge in [0.2, 0.25) is 5.91 Å². The van der Waals surface area contributed by atoms with Gasteiger partial charge in [0.1, 0.15) is 0 Å². The molecule has 0 aliphatic rings. The fourth-order valence-corrected chi connectivity index (χ4v) is 1.62. The number of halogens is 2. The fourth-order valence-electron chi connectivity index (χ4n) is 1.62. The summed E-state index contributed by atoms with van der Waals surface area (Å²) in [5.74, 6) is -0.288. The van der Waals surface area contributed by atoms with Crippen LogP contribution in [-0.4, -0.2) is 49.9 Å². The number of hydrogen-bond acceptors (Lipinski definition) is 4. The molecule has 2 amide bonds. The molecule has 0 heterocycles. The Morgan fingerprint density at radius 3 is 2.17 bits per heavy atom. The normalized spacial score (nSPS) is 11.0. The molecule has 0 saturated heterocycles. The molecule has 1 atom stereocenters. The van der Waals surface area contributed by atoms with Crippen molar-refractivity contribution in [1.29, 1.82) is 0 Å². The average Bonchev–Trinajstić information content (AvgIpc) is 2.44. The van der Waals surface area contributed by atoms with Gasteiger partial charge in [0.15, 0.2) is 0 Å². The molecule has 1 aromatic carbocycles. The molecule has 1 rings (SSSR count). The van der Waals surface area contributed by atoms with Crippen LogP contribution in [-0.2, 0) is 11.3 Å². The van der Waals surface area contributed by atoms with Crippen LogP contribution in [0.3, 0.4) is 0 Å². The third-order valence-electron chi connectivity index (χ3n) is 2.94. The number of amides is 2. The highest BCUT2D eigenvalue weighted by atomic mass is 35.5. The van der Waals surface area contributed by atoms with Gasteiger partial charge in [-0.25, -0.2) is 0 Å². The lowest BCUT2D eigenvalue weighted by Crippen LogP contribution is -2.37. The van der Waals surface area contributed by atoms with Crippen molar-refractivity contribution < 1.29 is 9.59 Å². The second kappa shape index (κ2) is 12.1. The Kier molecular flexibility index (Phi) is 12.6. The van der Waals surface area contributed by atoms with E-state index in [2.05, 4.69) is 10.6 Å². The van der Waals surface area contributed by atoms with E-state index in [1.165, 1.54) is 0 Å². The summed E-state index contributed by atoms with van der Waals surface area (Å²) in [5, 5.41) is 5.57. The highest BCUT2D eigenvalue weighted by Gasteiger charge is 2.07. The molecule has 0 fully saturated rings. The second-order valence-electron chi connectivity index (χ2n) is 5.26. The molecule has 0 bridgehead atoms. The Morgan fingerprint density at radius 2 is 1.70 bits per heavy atom. The number of nitrogens with zero attached hydrogens (tertiary/aromatic N) is 1. The molecular weight excluding hydrogens is 339 g/mol. The van der Waals surface area contributed by atoms with Crippen LogP contribution < -0.4 is 16.4 Å². The van der Waals surface area contributed by atoms with E-state index in [0.717, 1.165) is 12.1 Å². The molecule has 0 aliphatic heterocycles. The number of nitrogens with two attached hydrogens (primary N) is 1. The maximum atomic E-state index is 11.9. The monoisotopic (exact) mass is 364 g/mol. The predicted molar refractivity (Wildman–Crippen MR) is 97.3 cm³/mol. The van der Waals surface area contributed by atoms with Gasteiger partial charge in [-0.05, 0) is 38.7 Å². The lowest BCUT2D eigenvalue weighted by Gasteiger charge is -2.11. The van der Waals surface area contributed by atoms with Crippen LogP contribution in [0.5, 0.6) is 0 Å². The molecular formula is C15H26Cl2N4O2. The number of carbonyl (C=O) groups is 2. The first kappa shape index (κ1) is 23.9. The van der Waals surface area contributed by atoms with Crippen LogP contribution in [0.15, 0.2) is 24.3 Å². The van der Waals surface area contributed by atoms with Gasteiger partial charge in [0.25, 0.3) is 5.91 Å². The van der Waals surface area contributed by atoms with E-state index in [4.69, 9.17) is 5.73 Å². The van der Waals surface area contributed by atoms with Gasteiger partial charge in [0, 0.05) is 25.2 Å². The van der Waals surface area contributed by atoms with Crippen molar-refractivity contribution in [3.63, 3.8) is 0 Å². The van der Waals surface area contributed by atoms with Crippen LogP contribution in [0.2, 0.25) is 0 Å². The smallest absolute Gasteiger partial charge is 0.251 e. The molecule has 0 radical (unpaired) electrons. The summed E-state index contributed by atoms with van der Waals surface area (Å²) in [6.07, 6.45) is 0. The van der Waals surface area contributed by atoms with Crippen LogP contribution in [0.25, 0.3) is 0 Å². The molecule has 4 N–H and O–H groups in total. The van der Waals surface area contributed by atoms with Crippen molar-refractivity contribution in [2.75, 3.05) is 27.2 Å². The van der Waals surface area contributed by atoms with Crippen LogP contribution in [0.4, 0.5) is 0 Å². The van der Waals surface area contributed by atoms with E-state index in [9.17, 15) is 9.59 Å². The van der Waals surface area contributed by atoms with E-state index in [0.29, 0.717) is 18.7 Å². The summed E-state index contributed by atoms with van der Waals surface area (Å²) in [6.45, 7) is 3.45. The number of hydrogen-bond donors (Lipinski definition) is 3. The third kappa shape index (κ3) is 9.40. The molecule has 1 aromatic rings. The van der Waals surface area contributed by atoms with Gasteiger partial charge in [0.05, 0.1) is 6.04 Å². The first-order valence-corrected chi connectivity index (χ1v) is 6.95. The zero-order valence-corrected chi connectivity index (χ0v) is 15.3. The van der Waals surface area contributed by atoms with Crippen molar-refractivity contribution in [2.45, 2.75) is 19.5 Å². The third-order valence-corrected chi connectivity index (χ3v) is 2.94. The Morgan fingerprint density at radius 1 is 1.13 bits per heavy atom. The van der Waals surface area contributed by atoms with Gasteiger partial charge in [-0.3, -0.25) is 9.59 Å². The van der Waals surface area contributed by atoms with Crippen LogP contribution in [0, 0.1) is 0 Å². The van der Waals surface area contributed by atoms with Crippen molar-refractivity contribution >= 4 is 36.6 Å². The molecule has 8 heteroatoms. The Labute approximate surface area is 150 Å². The van der Waals surface area contributed by atoms with Crippen LogP contribution >= 0.6 is 24.8 Å². The fraction of sp³-hybridized carbons (Fsp3) is 0.467. The number of nitrogens with one attached hydrogen (secondary N) is 2. The maximum absolute atomic E-state index is 11.9. The molecule has 0 saturated carbocycles.